The summed E-state index contributed by atoms with van der Waals surface area (Å²) in [5, 5.41) is 0. The van der Waals surface area contributed by atoms with Gasteiger partial charge in [0.1, 0.15) is 12.8 Å². The molecule has 0 bridgehead atoms. The van der Waals surface area contributed by atoms with Crippen molar-refractivity contribution in [3.05, 3.63) is 0 Å². The van der Waals surface area contributed by atoms with Crippen LogP contribution in [0.2, 0.25) is 0 Å². The predicted octanol–water partition coefficient (Wildman–Crippen LogP) is -2.82. The molecule has 12 heavy (non-hydrogen) atoms. The largest absolute Gasteiger partial charge is 1.00 e. The molecule has 0 aromatic rings. The third-order valence-electron chi connectivity index (χ3n) is 0.903. The molecule has 0 amide bonds. The Balaban J connectivity index is 0. The first kappa shape index (κ1) is 14.8. The van der Waals surface area contributed by atoms with Crippen molar-refractivity contribution in [2.24, 2.45) is 0 Å². The molecule has 0 saturated heterocycles. The van der Waals surface area contributed by atoms with E-state index in [9.17, 15) is 26.1 Å². The second kappa shape index (κ2) is 5.86. The van der Waals surface area contributed by atoms with Crippen LogP contribution in [0.1, 0.15) is 0 Å². The van der Waals surface area contributed by atoms with Gasteiger partial charge in [-0.15, -0.1) is 0 Å². The van der Waals surface area contributed by atoms with Crippen molar-refractivity contribution in [1.29, 1.82) is 0 Å². The fourth-order valence-electron chi connectivity index (χ4n) is 0.396. The molecule has 0 spiro atoms. The summed E-state index contributed by atoms with van der Waals surface area (Å²) < 4.78 is 64.6. The zero-order valence-electron chi connectivity index (χ0n) is 6.34. The first-order valence-corrected chi connectivity index (χ1v) is 4.22. The Morgan fingerprint density at radius 1 is 1.25 bits per heavy atom. The van der Waals surface area contributed by atoms with Crippen molar-refractivity contribution < 1.29 is 45.0 Å². The molecule has 0 aliphatic heterocycles. The van der Waals surface area contributed by atoms with Crippen LogP contribution >= 0.6 is 0 Å². The van der Waals surface area contributed by atoms with Gasteiger partial charge < -0.3 is 4.55 Å². The van der Waals surface area contributed by atoms with Crippen LogP contribution in [0.5, 0.6) is 0 Å². The van der Waals surface area contributed by atoms with Gasteiger partial charge in [0.05, 0.1) is 15.9 Å². The number of halogens is 3. The van der Waals surface area contributed by atoms with Crippen molar-refractivity contribution >= 4 is 10.1 Å². The molecule has 0 saturated carbocycles. The summed E-state index contributed by atoms with van der Waals surface area (Å²) >= 11 is 0. The van der Waals surface area contributed by atoms with Crippen molar-refractivity contribution in [1.82, 2.24) is 0 Å². The van der Waals surface area contributed by atoms with Crippen LogP contribution in [0.25, 0.3) is 0 Å². The zero-order chi connectivity index (χ0) is 9.07. The van der Waals surface area contributed by atoms with Gasteiger partial charge in [0.15, 0.2) is 6.17 Å². The summed E-state index contributed by atoms with van der Waals surface area (Å²) in [5.74, 6) is -1.52. The van der Waals surface area contributed by atoms with Crippen LogP contribution in [-0.2, 0) is 10.1 Å². The average Bonchev–Trinajstić information content (AvgIpc) is 1.82. The molecular weight excluding hydrogens is 192 g/mol. The molecule has 68 valence electrons. The third-order valence-corrected chi connectivity index (χ3v) is 1.63. The molecule has 2 atom stereocenters. The summed E-state index contributed by atoms with van der Waals surface area (Å²) in [4.78, 5) is 0. The van der Waals surface area contributed by atoms with Crippen LogP contribution in [0.4, 0.5) is 13.2 Å². The maximum atomic E-state index is 12.1. The molecule has 0 heterocycles. The third kappa shape index (κ3) is 6.97. The van der Waals surface area contributed by atoms with Crippen LogP contribution < -0.4 is 18.9 Å². The Bertz CT molecular complexity index is 208. The minimum absolute atomic E-state index is 0. The Labute approximate surface area is 80.3 Å². The van der Waals surface area contributed by atoms with E-state index in [4.69, 9.17) is 0 Å². The average molecular weight is 198 g/mol. The minimum atomic E-state index is -4.81. The number of alkyl halides is 3. The van der Waals surface area contributed by atoms with Crippen LogP contribution in [0.3, 0.4) is 0 Å². The van der Waals surface area contributed by atoms with E-state index in [1.807, 2.05) is 0 Å². The van der Waals surface area contributed by atoms with Gasteiger partial charge in [0.2, 0.25) is 0 Å². The summed E-state index contributed by atoms with van der Waals surface area (Å²) in [6.45, 7) is -1.63. The van der Waals surface area contributed by atoms with Gasteiger partial charge in [-0.25, -0.2) is 21.6 Å². The topological polar surface area (TPSA) is 57.2 Å². The Hall–Kier alpha value is 0.297. The van der Waals surface area contributed by atoms with Gasteiger partial charge in [-0.05, 0) is 0 Å². The van der Waals surface area contributed by atoms with Gasteiger partial charge in [0.25, 0.3) is 0 Å². The van der Waals surface area contributed by atoms with Gasteiger partial charge in [-0.2, -0.15) is 0 Å². The maximum absolute atomic E-state index is 12.1. The van der Waals surface area contributed by atoms with E-state index in [1.165, 1.54) is 0 Å². The quantitative estimate of drug-likeness (QED) is 0.361. The standard InChI is InChI=1S/C4H7F3O3S.Li/c5-1-3(6)4(7)2-11(8,9)10;/h3-4H,1-2H2,(H,8,9,10);/q;+1/p-1. The van der Waals surface area contributed by atoms with E-state index in [2.05, 4.69) is 0 Å². The molecule has 0 N–H and O–H groups in total. The van der Waals surface area contributed by atoms with Crippen molar-refractivity contribution in [3.63, 3.8) is 0 Å². The Morgan fingerprint density at radius 2 is 1.67 bits per heavy atom. The smallest absolute Gasteiger partial charge is 0.748 e. The molecule has 0 aliphatic carbocycles. The molecule has 0 aromatic carbocycles. The van der Waals surface area contributed by atoms with Gasteiger partial charge in [-0.3, -0.25) is 0 Å². The van der Waals surface area contributed by atoms with Gasteiger partial charge in [-0.1, -0.05) is 0 Å². The van der Waals surface area contributed by atoms with Crippen LogP contribution in [0.15, 0.2) is 0 Å². The van der Waals surface area contributed by atoms with Crippen molar-refractivity contribution in [2.75, 3.05) is 12.4 Å². The first-order valence-electron chi connectivity index (χ1n) is 2.64. The summed E-state index contributed by atoms with van der Waals surface area (Å²) in [5.41, 5.74) is 0. The predicted molar refractivity (Wildman–Crippen MR) is 30.3 cm³/mol. The molecular formula is C4H6F3LiO3S. The van der Waals surface area contributed by atoms with E-state index in [1.54, 1.807) is 0 Å². The van der Waals surface area contributed by atoms with Crippen LogP contribution in [-0.4, -0.2) is 37.7 Å². The molecule has 0 fully saturated rings. The van der Waals surface area contributed by atoms with Crippen molar-refractivity contribution in [2.45, 2.75) is 12.3 Å². The van der Waals surface area contributed by atoms with E-state index in [-0.39, 0.29) is 18.9 Å². The van der Waals surface area contributed by atoms with E-state index >= 15 is 0 Å². The minimum Gasteiger partial charge on any atom is -0.748 e. The molecule has 2 unspecified atom stereocenters. The normalized spacial score (nSPS) is 16.3. The molecule has 0 radical (unpaired) electrons. The van der Waals surface area contributed by atoms with Gasteiger partial charge >= 0.3 is 18.9 Å². The first-order chi connectivity index (χ1) is 4.87. The zero-order valence-corrected chi connectivity index (χ0v) is 7.15. The maximum Gasteiger partial charge on any atom is 1.00 e. The molecule has 0 aromatic heterocycles. The van der Waals surface area contributed by atoms with Crippen molar-refractivity contribution in [3.8, 4) is 0 Å². The number of rotatable bonds is 4. The SMILES string of the molecule is O=S(=O)([O-])CC(F)C(F)CF.[Li+]. The molecule has 8 heteroatoms. The van der Waals surface area contributed by atoms with E-state index < -0.39 is 34.9 Å². The summed E-state index contributed by atoms with van der Waals surface area (Å²) in [6, 6.07) is 0. The Kier molecular flexibility index (Phi) is 7.23. The second-order valence-corrected chi connectivity index (χ2v) is 3.36. The monoisotopic (exact) mass is 198 g/mol. The fraction of sp³-hybridized carbons (Fsp3) is 1.00. The summed E-state index contributed by atoms with van der Waals surface area (Å²) in [6.07, 6.45) is -5.10. The molecule has 0 aliphatic rings. The second-order valence-electron chi connectivity index (χ2n) is 1.91. The number of hydrogen-bond acceptors (Lipinski definition) is 3. The fourth-order valence-corrected chi connectivity index (χ4v) is 0.995. The van der Waals surface area contributed by atoms with E-state index in [0.29, 0.717) is 0 Å². The molecule has 3 nitrogen and oxygen atoms in total. The Morgan fingerprint density at radius 3 is 1.92 bits per heavy atom. The summed E-state index contributed by atoms with van der Waals surface area (Å²) in [7, 11) is -4.81. The molecule has 0 rings (SSSR count). The van der Waals surface area contributed by atoms with Gasteiger partial charge in [0, 0.05) is 0 Å². The van der Waals surface area contributed by atoms with E-state index in [0.717, 1.165) is 0 Å². The van der Waals surface area contributed by atoms with Crippen LogP contribution in [0, 0.1) is 0 Å². The number of hydrogen-bond donors (Lipinski definition) is 0.